The first kappa shape index (κ1) is 24.5. The molecule has 0 aliphatic carbocycles. The second-order valence-electron chi connectivity index (χ2n) is 8.19. The highest BCUT2D eigenvalue weighted by Gasteiger charge is 2.25. The van der Waals surface area contributed by atoms with Gasteiger partial charge in [0.05, 0.1) is 22.7 Å². The molecule has 0 unspecified atom stereocenters. The lowest BCUT2D eigenvalue weighted by molar-refractivity contribution is -0.115. The van der Waals surface area contributed by atoms with Crippen molar-refractivity contribution < 1.29 is 22.4 Å². The highest BCUT2D eigenvalue weighted by molar-refractivity contribution is 7.89. The van der Waals surface area contributed by atoms with Crippen molar-refractivity contribution in [1.82, 2.24) is 9.29 Å². The third-order valence-corrected chi connectivity index (χ3v) is 7.56. The zero-order valence-electron chi connectivity index (χ0n) is 18.9. The van der Waals surface area contributed by atoms with Gasteiger partial charge in [0.1, 0.15) is 11.5 Å². The van der Waals surface area contributed by atoms with Gasteiger partial charge in [-0.05, 0) is 60.9 Å². The molecule has 3 aromatic rings. The minimum absolute atomic E-state index is 0.0613. The van der Waals surface area contributed by atoms with Gasteiger partial charge < -0.3 is 10.6 Å². The lowest BCUT2D eigenvalue weighted by Crippen LogP contribution is -2.35. The molecular formula is C25H25FN4O4S. The molecule has 8 nitrogen and oxygen atoms in total. The molecule has 0 atom stereocenters. The van der Waals surface area contributed by atoms with Crippen molar-refractivity contribution in [3.63, 3.8) is 0 Å². The third kappa shape index (κ3) is 6.09. The van der Waals surface area contributed by atoms with Crippen LogP contribution in [0.15, 0.2) is 71.8 Å². The molecule has 0 bridgehead atoms. The summed E-state index contributed by atoms with van der Waals surface area (Å²) in [5, 5.41) is 5.24. The zero-order chi connectivity index (χ0) is 24.8. The van der Waals surface area contributed by atoms with Crippen LogP contribution in [0, 0.1) is 5.82 Å². The molecule has 1 saturated heterocycles. The van der Waals surface area contributed by atoms with E-state index in [4.69, 9.17) is 0 Å². The molecule has 2 aromatic carbocycles. The number of piperidine rings is 1. The normalized spacial score (nSPS) is 14.3. The van der Waals surface area contributed by atoms with E-state index in [-0.39, 0.29) is 28.4 Å². The van der Waals surface area contributed by atoms with Gasteiger partial charge in [0.25, 0.3) is 5.91 Å². The van der Waals surface area contributed by atoms with Crippen LogP contribution in [-0.4, -0.2) is 42.6 Å². The number of benzene rings is 2. The Balaban J connectivity index is 1.43. The number of hydrogen-bond acceptors (Lipinski definition) is 5. The standard InChI is InChI=1S/C25H25FN4O4S/c26-19-9-12-21(29-25(32)22-6-2-3-13-27-22)23(17-19)28-24(31)16-18-7-10-20(11-8-18)35(33,34)30-14-4-1-5-15-30/h2-3,6-13,17H,1,4-5,14-16H2,(H,28,31)(H,29,32). The van der Waals surface area contributed by atoms with Crippen LogP contribution in [0.25, 0.3) is 0 Å². The van der Waals surface area contributed by atoms with Gasteiger partial charge in [-0.3, -0.25) is 14.6 Å². The van der Waals surface area contributed by atoms with Gasteiger partial charge in [-0.15, -0.1) is 0 Å². The number of rotatable bonds is 7. The lowest BCUT2D eigenvalue weighted by atomic mass is 10.1. The van der Waals surface area contributed by atoms with E-state index >= 15 is 0 Å². The van der Waals surface area contributed by atoms with E-state index in [2.05, 4.69) is 15.6 Å². The number of aromatic nitrogens is 1. The van der Waals surface area contributed by atoms with Gasteiger partial charge >= 0.3 is 0 Å². The second kappa shape index (κ2) is 10.7. The van der Waals surface area contributed by atoms with E-state index < -0.39 is 27.7 Å². The molecule has 0 saturated carbocycles. The van der Waals surface area contributed by atoms with Crippen molar-refractivity contribution in [1.29, 1.82) is 0 Å². The maximum Gasteiger partial charge on any atom is 0.274 e. The molecule has 35 heavy (non-hydrogen) atoms. The predicted molar refractivity (Wildman–Crippen MR) is 130 cm³/mol. The Hall–Kier alpha value is -3.63. The van der Waals surface area contributed by atoms with E-state index in [9.17, 15) is 22.4 Å². The number of pyridine rings is 1. The fraction of sp³-hybridized carbons (Fsp3) is 0.240. The number of hydrogen-bond donors (Lipinski definition) is 2. The van der Waals surface area contributed by atoms with Gasteiger partial charge in [-0.2, -0.15) is 4.31 Å². The number of sulfonamides is 1. The summed E-state index contributed by atoms with van der Waals surface area (Å²) in [7, 11) is -3.55. The van der Waals surface area contributed by atoms with Crippen LogP contribution in [0.1, 0.15) is 35.3 Å². The predicted octanol–water partition coefficient (Wildman–Crippen LogP) is 3.83. The summed E-state index contributed by atoms with van der Waals surface area (Å²) >= 11 is 0. The minimum Gasteiger partial charge on any atom is -0.324 e. The van der Waals surface area contributed by atoms with Gasteiger partial charge in [0.2, 0.25) is 15.9 Å². The molecule has 0 spiro atoms. The van der Waals surface area contributed by atoms with Crippen LogP contribution in [0.2, 0.25) is 0 Å². The smallest absolute Gasteiger partial charge is 0.274 e. The quantitative estimate of drug-likeness (QED) is 0.517. The largest absolute Gasteiger partial charge is 0.324 e. The summed E-state index contributed by atoms with van der Waals surface area (Å²) < 4.78 is 40.9. The molecule has 1 aliphatic rings. The summed E-state index contributed by atoms with van der Waals surface area (Å²) in [4.78, 5) is 29.2. The first-order chi connectivity index (χ1) is 16.8. The third-order valence-electron chi connectivity index (χ3n) is 5.64. The Morgan fingerprint density at radius 2 is 1.66 bits per heavy atom. The summed E-state index contributed by atoms with van der Waals surface area (Å²) in [6.07, 6.45) is 4.14. The SMILES string of the molecule is O=C(Cc1ccc(S(=O)(=O)N2CCCCC2)cc1)Nc1cc(F)ccc1NC(=O)c1ccccn1. The van der Waals surface area contributed by atoms with Crippen LogP contribution < -0.4 is 10.6 Å². The molecule has 4 rings (SSSR count). The minimum atomic E-state index is -3.55. The highest BCUT2D eigenvalue weighted by Crippen LogP contribution is 2.24. The number of carbonyl (C=O) groups excluding carboxylic acids is 2. The van der Waals surface area contributed by atoms with E-state index in [0.29, 0.717) is 18.7 Å². The zero-order valence-corrected chi connectivity index (χ0v) is 19.7. The molecule has 1 aromatic heterocycles. The monoisotopic (exact) mass is 496 g/mol. The van der Waals surface area contributed by atoms with Gasteiger partial charge in [0.15, 0.2) is 0 Å². The lowest BCUT2D eigenvalue weighted by Gasteiger charge is -2.25. The Morgan fingerprint density at radius 1 is 0.914 bits per heavy atom. The first-order valence-electron chi connectivity index (χ1n) is 11.2. The molecule has 1 fully saturated rings. The molecule has 0 radical (unpaired) electrons. The molecule has 1 aliphatic heterocycles. The molecule has 2 amide bonds. The number of carbonyl (C=O) groups is 2. The van der Waals surface area contributed by atoms with Crippen molar-refractivity contribution in [3.05, 3.63) is 83.9 Å². The molecule has 182 valence electrons. The Kier molecular flexibility index (Phi) is 7.52. The maximum absolute atomic E-state index is 13.9. The number of nitrogens with one attached hydrogen (secondary N) is 2. The number of halogens is 1. The van der Waals surface area contributed by atoms with Crippen molar-refractivity contribution in [2.24, 2.45) is 0 Å². The highest BCUT2D eigenvalue weighted by atomic mass is 32.2. The van der Waals surface area contributed by atoms with Crippen molar-refractivity contribution >= 4 is 33.2 Å². The average Bonchev–Trinajstić information content (AvgIpc) is 2.87. The van der Waals surface area contributed by atoms with E-state index in [1.807, 2.05) is 0 Å². The van der Waals surface area contributed by atoms with Crippen LogP contribution in [0.3, 0.4) is 0 Å². The summed E-state index contributed by atoms with van der Waals surface area (Å²) in [5.74, 6) is -1.53. The fourth-order valence-corrected chi connectivity index (χ4v) is 5.34. The van der Waals surface area contributed by atoms with Crippen LogP contribution in [0.4, 0.5) is 15.8 Å². The van der Waals surface area contributed by atoms with E-state index in [1.54, 1.807) is 24.3 Å². The second-order valence-corrected chi connectivity index (χ2v) is 10.1. The van der Waals surface area contributed by atoms with Crippen molar-refractivity contribution in [2.75, 3.05) is 23.7 Å². The molecular weight excluding hydrogens is 471 g/mol. The molecule has 2 N–H and O–H groups in total. The van der Waals surface area contributed by atoms with Crippen molar-refractivity contribution in [2.45, 2.75) is 30.6 Å². The first-order valence-corrected chi connectivity index (χ1v) is 12.7. The van der Waals surface area contributed by atoms with Gasteiger partial charge in [0, 0.05) is 19.3 Å². The average molecular weight is 497 g/mol. The van der Waals surface area contributed by atoms with Crippen LogP contribution >= 0.6 is 0 Å². The van der Waals surface area contributed by atoms with E-state index in [0.717, 1.165) is 25.3 Å². The maximum atomic E-state index is 13.9. The van der Waals surface area contributed by atoms with Gasteiger partial charge in [-0.1, -0.05) is 24.6 Å². The van der Waals surface area contributed by atoms with Crippen LogP contribution in [0.5, 0.6) is 0 Å². The Bertz CT molecular complexity index is 1310. The van der Waals surface area contributed by atoms with Crippen LogP contribution in [-0.2, 0) is 21.2 Å². The van der Waals surface area contributed by atoms with Crippen molar-refractivity contribution in [3.8, 4) is 0 Å². The Morgan fingerprint density at radius 3 is 2.34 bits per heavy atom. The molecule has 10 heteroatoms. The number of nitrogens with zero attached hydrogens (tertiary/aromatic N) is 2. The van der Waals surface area contributed by atoms with E-state index in [1.165, 1.54) is 40.8 Å². The summed E-state index contributed by atoms with van der Waals surface area (Å²) in [5.41, 5.74) is 1.09. The number of amides is 2. The summed E-state index contributed by atoms with van der Waals surface area (Å²) in [6, 6.07) is 14.7. The van der Waals surface area contributed by atoms with Gasteiger partial charge in [-0.25, -0.2) is 12.8 Å². The topological polar surface area (TPSA) is 108 Å². The number of anilines is 2. The summed E-state index contributed by atoms with van der Waals surface area (Å²) in [6.45, 7) is 1.03. The fourth-order valence-electron chi connectivity index (χ4n) is 3.83. The Labute approximate surface area is 203 Å². The molecule has 2 heterocycles.